The molecule has 0 saturated carbocycles. The zero-order chi connectivity index (χ0) is 18.5. The number of hydrogen-bond donors (Lipinski definition) is 0. The molecule has 0 aliphatic rings. The van der Waals surface area contributed by atoms with Gasteiger partial charge in [0.2, 0.25) is 0 Å². The average Bonchev–Trinajstić information content (AvgIpc) is 2.61. The normalized spacial score (nSPS) is 12.1. The van der Waals surface area contributed by atoms with Crippen LogP contribution < -0.4 is 0 Å². The first kappa shape index (κ1) is 21.6. The standard InChI is InChI=1S/C16H24O8/c1-21-13(17)9-7-11(15(19)23-3)5-6-12(16(20)24-4)8-10-14(18)22-2/h5,12H,6-10H2,1-4H3/b11-5-. The summed E-state index contributed by atoms with van der Waals surface area (Å²) in [4.78, 5) is 45.9. The van der Waals surface area contributed by atoms with Gasteiger partial charge in [-0.2, -0.15) is 0 Å². The number of ether oxygens (including phenoxy) is 4. The monoisotopic (exact) mass is 344 g/mol. The van der Waals surface area contributed by atoms with Crippen LogP contribution in [0.25, 0.3) is 0 Å². The van der Waals surface area contributed by atoms with Crippen molar-refractivity contribution in [1.29, 1.82) is 0 Å². The molecule has 0 bridgehead atoms. The van der Waals surface area contributed by atoms with Crippen molar-refractivity contribution >= 4 is 23.9 Å². The summed E-state index contributed by atoms with van der Waals surface area (Å²) < 4.78 is 18.4. The van der Waals surface area contributed by atoms with Crippen LogP contribution in [0, 0.1) is 5.92 Å². The van der Waals surface area contributed by atoms with Gasteiger partial charge in [0.05, 0.1) is 34.4 Å². The van der Waals surface area contributed by atoms with Crippen molar-refractivity contribution in [3.63, 3.8) is 0 Å². The van der Waals surface area contributed by atoms with Crippen molar-refractivity contribution in [2.24, 2.45) is 5.92 Å². The first-order valence-electron chi connectivity index (χ1n) is 7.38. The lowest BCUT2D eigenvalue weighted by molar-refractivity contribution is -0.147. The van der Waals surface area contributed by atoms with E-state index in [4.69, 9.17) is 4.74 Å². The highest BCUT2D eigenvalue weighted by Gasteiger charge is 2.21. The Morgan fingerprint density at radius 1 is 0.792 bits per heavy atom. The fourth-order valence-corrected chi connectivity index (χ4v) is 1.93. The molecule has 0 aliphatic carbocycles. The van der Waals surface area contributed by atoms with Crippen LogP contribution in [-0.2, 0) is 38.1 Å². The lowest BCUT2D eigenvalue weighted by Gasteiger charge is -2.13. The Bertz CT molecular complexity index is 480. The van der Waals surface area contributed by atoms with Crippen LogP contribution in [0.3, 0.4) is 0 Å². The minimum Gasteiger partial charge on any atom is -0.469 e. The molecular weight excluding hydrogens is 320 g/mol. The third-order valence-electron chi connectivity index (χ3n) is 3.38. The number of carbonyl (C=O) groups is 4. The fraction of sp³-hybridized carbons (Fsp3) is 0.625. The van der Waals surface area contributed by atoms with Crippen LogP contribution in [0.1, 0.15) is 32.1 Å². The van der Waals surface area contributed by atoms with E-state index in [9.17, 15) is 19.2 Å². The van der Waals surface area contributed by atoms with E-state index in [0.29, 0.717) is 0 Å². The highest BCUT2D eigenvalue weighted by atomic mass is 16.5. The van der Waals surface area contributed by atoms with Gasteiger partial charge in [-0.3, -0.25) is 14.4 Å². The largest absolute Gasteiger partial charge is 0.469 e. The van der Waals surface area contributed by atoms with Crippen molar-refractivity contribution < 1.29 is 38.1 Å². The summed E-state index contributed by atoms with van der Waals surface area (Å²) in [6.45, 7) is 0. The minimum atomic E-state index is -0.605. The van der Waals surface area contributed by atoms with Gasteiger partial charge in [-0.1, -0.05) is 6.08 Å². The molecule has 24 heavy (non-hydrogen) atoms. The molecule has 0 heterocycles. The topological polar surface area (TPSA) is 105 Å². The Hall–Kier alpha value is -2.38. The van der Waals surface area contributed by atoms with Gasteiger partial charge < -0.3 is 18.9 Å². The molecule has 0 rings (SSSR count). The lowest BCUT2D eigenvalue weighted by Crippen LogP contribution is -2.18. The quantitative estimate of drug-likeness (QED) is 0.330. The van der Waals surface area contributed by atoms with Crippen LogP contribution in [0.5, 0.6) is 0 Å². The number of carbonyl (C=O) groups excluding carboxylic acids is 4. The Morgan fingerprint density at radius 2 is 1.38 bits per heavy atom. The van der Waals surface area contributed by atoms with Gasteiger partial charge in [0.25, 0.3) is 0 Å². The lowest BCUT2D eigenvalue weighted by atomic mass is 9.97. The summed E-state index contributed by atoms with van der Waals surface area (Å²) in [5.74, 6) is -2.58. The molecule has 0 radical (unpaired) electrons. The molecule has 0 saturated heterocycles. The molecular formula is C16H24O8. The third-order valence-corrected chi connectivity index (χ3v) is 3.38. The van der Waals surface area contributed by atoms with Crippen LogP contribution in [0.15, 0.2) is 11.6 Å². The van der Waals surface area contributed by atoms with Gasteiger partial charge in [-0.25, -0.2) is 4.79 Å². The summed E-state index contributed by atoms with van der Waals surface area (Å²) in [7, 11) is 4.99. The molecule has 136 valence electrons. The van der Waals surface area contributed by atoms with Crippen LogP contribution in [0.2, 0.25) is 0 Å². The molecule has 0 spiro atoms. The minimum absolute atomic E-state index is 0.0164. The Morgan fingerprint density at radius 3 is 1.88 bits per heavy atom. The Kier molecular flexibility index (Phi) is 10.9. The number of rotatable bonds is 10. The summed E-state index contributed by atoms with van der Waals surface area (Å²) in [6, 6.07) is 0. The van der Waals surface area contributed by atoms with E-state index in [1.54, 1.807) is 0 Å². The van der Waals surface area contributed by atoms with Gasteiger partial charge in [0.1, 0.15) is 0 Å². The summed E-state index contributed by atoms with van der Waals surface area (Å²) in [5, 5.41) is 0. The number of methoxy groups -OCH3 is 4. The van der Waals surface area contributed by atoms with Gasteiger partial charge in [0.15, 0.2) is 0 Å². The summed E-state index contributed by atoms with van der Waals surface area (Å²) >= 11 is 0. The average molecular weight is 344 g/mol. The molecule has 0 amide bonds. The SMILES string of the molecule is COC(=O)CC/C(=C/CC(CCC(=O)OC)C(=O)OC)C(=O)OC. The zero-order valence-electron chi connectivity index (χ0n) is 14.5. The van der Waals surface area contributed by atoms with Crippen molar-refractivity contribution in [3.05, 3.63) is 11.6 Å². The Balaban J connectivity index is 4.97. The fourth-order valence-electron chi connectivity index (χ4n) is 1.93. The Labute approximate surface area is 141 Å². The third kappa shape index (κ3) is 8.30. The van der Waals surface area contributed by atoms with Crippen molar-refractivity contribution in [1.82, 2.24) is 0 Å². The number of hydrogen-bond acceptors (Lipinski definition) is 8. The molecule has 8 nitrogen and oxygen atoms in total. The maximum absolute atomic E-state index is 11.8. The molecule has 1 atom stereocenters. The maximum atomic E-state index is 11.8. The van der Waals surface area contributed by atoms with Gasteiger partial charge in [-0.15, -0.1) is 0 Å². The highest BCUT2D eigenvalue weighted by molar-refractivity contribution is 5.89. The van der Waals surface area contributed by atoms with E-state index >= 15 is 0 Å². The van der Waals surface area contributed by atoms with Gasteiger partial charge in [0, 0.05) is 18.4 Å². The number of esters is 4. The van der Waals surface area contributed by atoms with Crippen molar-refractivity contribution in [3.8, 4) is 0 Å². The molecule has 0 N–H and O–H groups in total. The predicted octanol–water partition coefficient (Wildman–Crippen LogP) is 1.17. The van der Waals surface area contributed by atoms with E-state index in [-0.39, 0.29) is 37.7 Å². The molecule has 8 heteroatoms. The van der Waals surface area contributed by atoms with Gasteiger partial charge >= 0.3 is 23.9 Å². The summed E-state index contributed by atoms with van der Waals surface area (Å²) in [6.07, 6.45) is 2.12. The van der Waals surface area contributed by atoms with E-state index in [2.05, 4.69) is 14.2 Å². The maximum Gasteiger partial charge on any atom is 0.333 e. The van der Waals surface area contributed by atoms with E-state index in [1.165, 1.54) is 34.5 Å². The van der Waals surface area contributed by atoms with Crippen LogP contribution in [-0.4, -0.2) is 52.3 Å². The second-order valence-electron chi connectivity index (χ2n) is 4.87. The molecule has 0 aromatic heterocycles. The van der Waals surface area contributed by atoms with Gasteiger partial charge in [-0.05, 0) is 19.3 Å². The molecule has 0 aliphatic heterocycles. The number of allylic oxidation sites excluding steroid dienone is 1. The van der Waals surface area contributed by atoms with Crippen LogP contribution in [0.4, 0.5) is 0 Å². The summed E-state index contributed by atoms with van der Waals surface area (Å²) in [5.41, 5.74) is 0.259. The molecule has 1 unspecified atom stereocenters. The first-order chi connectivity index (χ1) is 11.4. The molecule has 0 fully saturated rings. The smallest absolute Gasteiger partial charge is 0.333 e. The highest BCUT2D eigenvalue weighted by Crippen LogP contribution is 2.18. The van der Waals surface area contributed by atoms with Crippen molar-refractivity contribution in [2.45, 2.75) is 32.1 Å². The second-order valence-corrected chi connectivity index (χ2v) is 4.87. The van der Waals surface area contributed by atoms with E-state index < -0.39 is 29.8 Å². The second kappa shape index (κ2) is 12.1. The first-order valence-corrected chi connectivity index (χ1v) is 7.38. The van der Waals surface area contributed by atoms with E-state index in [1.807, 2.05) is 0 Å². The zero-order valence-corrected chi connectivity index (χ0v) is 14.5. The van der Waals surface area contributed by atoms with Crippen molar-refractivity contribution in [2.75, 3.05) is 28.4 Å². The van der Waals surface area contributed by atoms with Crippen LogP contribution >= 0.6 is 0 Å². The molecule has 0 aromatic carbocycles. The predicted molar refractivity (Wildman–Crippen MR) is 82.7 cm³/mol. The molecule has 0 aromatic rings. The van der Waals surface area contributed by atoms with E-state index in [0.717, 1.165) is 0 Å².